The maximum absolute atomic E-state index is 3.46. The first kappa shape index (κ1) is 22.5. The number of hydrogen-bond acceptors (Lipinski definition) is 0. The van der Waals surface area contributed by atoms with E-state index in [-0.39, 0.29) is 0 Å². The molecule has 11 heavy (non-hydrogen) atoms. The van der Waals surface area contributed by atoms with Gasteiger partial charge in [-0.2, -0.15) is 0 Å². The highest BCUT2D eigenvalue weighted by molar-refractivity contribution is 4.94. The van der Waals surface area contributed by atoms with Crippen LogP contribution in [0.5, 0.6) is 0 Å². The second kappa shape index (κ2) is 148. The molecule has 0 N–H and O–H groups in total. The Labute approximate surface area is 72.6 Å². The lowest BCUT2D eigenvalue weighted by Crippen LogP contribution is -1.33. The van der Waals surface area contributed by atoms with Crippen LogP contribution in [-0.4, -0.2) is 0 Å². The van der Waals surface area contributed by atoms with E-state index >= 15 is 0 Å². The molecule has 0 aromatic carbocycles. The lowest BCUT2D eigenvalue weighted by atomic mass is 10.5. The molecule has 0 radical (unpaired) electrons. The van der Waals surface area contributed by atoms with Crippen molar-refractivity contribution < 1.29 is 0 Å². The standard InChI is InChI=1S/C5H8.C2H6.2C2H4/c1-3-5-4-2;3*1-2/h3-5H,1H2,2H3;1-2H3;2*1-2H2/b5-4-;;;. The number of hydrogen-bond donors (Lipinski definition) is 0. The molecule has 66 valence electrons. The third-order valence-corrected chi connectivity index (χ3v) is 0.329. The molecule has 0 aliphatic heterocycles. The van der Waals surface area contributed by atoms with E-state index in [1.54, 1.807) is 6.08 Å². The van der Waals surface area contributed by atoms with Crippen molar-refractivity contribution in [1.29, 1.82) is 0 Å². The average molecular weight is 154 g/mol. The second-order valence-corrected chi connectivity index (χ2v) is 0.761. The third kappa shape index (κ3) is 471. The van der Waals surface area contributed by atoms with Gasteiger partial charge >= 0.3 is 0 Å². The molecule has 0 spiro atoms. The zero-order valence-corrected chi connectivity index (χ0v) is 8.27. The summed E-state index contributed by atoms with van der Waals surface area (Å²) in [6.07, 6.45) is 5.58. The first-order valence-electron chi connectivity index (χ1n) is 3.65. The first-order valence-corrected chi connectivity index (χ1v) is 3.65. The van der Waals surface area contributed by atoms with Gasteiger partial charge in [0.25, 0.3) is 0 Å². The minimum atomic E-state index is 1.75. The molecule has 0 aromatic rings. The quantitative estimate of drug-likeness (QED) is 0.388. The summed E-state index contributed by atoms with van der Waals surface area (Å²) in [5.74, 6) is 0. The van der Waals surface area contributed by atoms with E-state index in [9.17, 15) is 0 Å². The van der Waals surface area contributed by atoms with Gasteiger partial charge in [-0.15, -0.1) is 26.3 Å². The van der Waals surface area contributed by atoms with Crippen molar-refractivity contribution in [2.24, 2.45) is 0 Å². The minimum Gasteiger partial charge on any atom is -0.106 e. The van der Waals surface area contributed by atoms with Crippen molar-refractivity contribution in [2.45, 2.75) is 20.8 Å². The highest BCUT2D eigenvalue weighted by Crippen LogP contribution is 1.64. The SMILES string of the molecule is C=C.C=C.C=C/C=C\C.CC. The minimum absolute atomic E-state index is 1.75. The van der Waals surface area contributed by atoms with Gasteiger partial charge in [0, 0.05) is 0 Å². The zero-order chi connectivity index (χ0) is 10.1. The Hall–Kier alpha value is -1.04. The Balaban J connectivity index is -0.0000000350. The van der Waals surface area contributed by atoms with Gasteiger partial charge in [-0.25, -0.2) is 0 Å². The predicted molar refractivity (Wildman–Crippen MR) is 58.9 cm³/mol. The molecule has 0 nitrogen and oxygen atoms in total. The summed E-state index contributed by atoms with van der Waals surface area (Å²) >= 11 is 0. The fourth-order valence-corrected chi connectivity index (χ4v) is 0.136. The molecule has 0 rings (SSSR count). The maximum atomic E-state index is 3.46. The Bertz CT molecular complexity index is 58.4. The molecule has 0 heteroatoms. The van der Waals surface area contributed by atoms with Crippen LogP contribution in [0.25, 0.3) is 0 Å². The van der Waals surface area contributed by atoms with E-state index in [1.165, 1.54) is 0 Å². The van der Waals surface area contributed by atoms with Crippen LogP contribution in [0.15, 0.2) is 51.1 Å². The lowest BCUT2D eigenvalue weighted by Gasteiger charge is -1.56. The molecule has 0 atom stereocenters. The number of allylic oxidation sites excluding steroid dienone is 3. The van der Waals surface area contributed by atoms with Crippen molar-refractivity contribution in [3.63, 3.8) is 0 Å². The Kier molecular flexibility index (Phi) is 302. The molecule has 0 aliphatic rings. The topological polar surface area (TPSA) is 0 Å². The van der Waals surface area contributed by atoms with Crippen LogP contribution >= 0.6 is 0 Å². The van der Waals surface area contributed by atoms with Gasteiger partial charge in [-0.05, 0) is 6.92 Å². The van der Waals surface area contributed by atoms with Crippen LogP contribution in [0, 0.1) is 0 Å². The number of rotatable bonds is 1. The Morgan fingerprint density at radius 3 is 1.18 bits per heavy atom. The van der Waals surface area contributed by atoms with Crippen LogP contribution in [0.4, 0.5) is 0 Å². The summed E-state index contributed by atoms with van der Waals surface area (Å²) in [4.78, 5) is 0. The van der Waals surface area contributed by atoms with Crippen LogP contribution in [0.1, 0.15) is 20.8 Å². The molecule has 0 aromatic heterocycles. The van der Waals surface area contributed by atoms with E-state index in [1.807, 2.05) is 32.9 Å². The summed E-state index contributed by atoms with van der Waals surface area (Å²) in [6, 6.07) is 0. The zero-order valence-electron chi connectivity index (χ0n) is 8.27. The van der Waals surface area contributed by atoms with E-state index in [0.717, 1.165) is 0 Å². The summed E-state index contributed by atoms with van der Waals surface area (Å²) in [5, 5.41) is 0. The monoisotopic (exact) mass is 154 g/mol. The van der Waals surface area contributed by atoms with Gasteiger partial charge in [0.05, 0.1) is 0 Å². The van der Waals surface area contributed by atoms with Gasteiger partial charge in [-0.1, -0.05) is 38.7 Å². The van der Waals surface area contributed by atoms with Crippen LogP contribution in [-0.2, 0) is 0 Å². The van der Waals surface area contributed by atoms with E-state index in [0.29, 0.717) is 0 Å². The van der Waals surface area contributed by atoms with Crippen molar-refractivity contribution >= 4 is 0 Å². The van der Waals surface area contributed by atoms with Crippen molar-refractivity contribution in [3.8, 4) is 0 Å². The molecule has 0 unspecified atom stereocenters. The van der Waals surface area contributed by atoms with E-state index in [2.05, 4.69) is 32.9 Å². The largest absolute Gasteiger partial charge is 0.106 e. The molecule has 0 aliphatic carbocycles. The van der Waals surface area contributed by atoms with Crippen molar-refractivity contribution in [3.05, 3.63) is 51.1 Å². The highest BCUT2D eigenvalue weighted by Gasteiger charge is 1.42. The molecule has 0 fully saturated rings. The molecule has 0 bridgehead atoms. The smallest absolute Gasteiger partial charge is 0.0467 e. The summed E-state index contributed by atoms with van der Waals surface area (Å²) < 4.78 is 0. The molecule has 0 saturated heterocycles. The van der Waals surface area contributed by atoms with Crippen LogP contribution < -0.4 is 0 Å². The van der Waals surface area contributed by atoms with Gasteiger partial charge in [0.1, 0.15) is 0 Å². The Morgan fingerprint density at radius 1 is 0.909 bits per heavy atom. The summed E-state index contributed by atoms with van der Waals surface area (Å²) in [6.45, 7) is 21.4. The van der Waals surface area contributed by atoms with Gasteiger partial charge < -0.3 is 0 Å². The van der Waals surface area contributed by atoms with Crippen molar-refractivity contribution in [2.75, 3.05) is 0 Å². The van der Waals surface area contributed by atoms with Crippen LogP contribution in [0.3, 0.4) is 0 Å². The molecule has 0 saturated carbocycles. The average Bonchev–Trinajstić information content (AvgIpc) is 2.16. The van der Waals surface area contributed by atoms with Gasteiger partial charge in [-0.3, -0.25) is 0 Å². The molecule has 0 heterocycles. The highest BCUT2D eigenvalue weighted by atomic mass is 13.5. The fraction of sp³-hybridized carbons (Fsp3) is 0.273. The molecule has 0 amide bonds. The summed E-state index contributed by atoms with van der Waals surface area (Å²) in [5.41, 5.74) is 0. The maximum Gasteiger partial charge on any atom is -0.0467 e. The van der Waals surface area contributed by atoms with Crippen LogP contribution in [0.2, 0.25) is 0 Å². The predicted octanol–water partition coefficient (Wildman–Crippen LogP) is 4.38. The lowest BCUT2D eigenvalue weighted by molar-refractivity contribution is 1.50. The van der Waals surface area contributed by atoms with E-state index < -0.39 is 0 Å². The normalized spacial score (nSPS) is 5.36. The molecular formula is C11H22. The second-order valence-electron chi connectivity index (χ2n) is 0.761. The fourth-order valence-electron chi connectivity index (χ4n) is 0.136. The van der Waals surface area contributed by atoms with Gasteiger partial charge in [0.2, 0.25) is 0 Å². The van der Waals surface area contributed by atoms with Gasteiger partial charge in [0.15, 0.2) is 0 Å². The third-order valence-electron chi connectivity index (χ3n) is 0.329. The molecular weight excluding hydrogens is 132 g/mol. The Morgan fingerprint density at radius 2 is 1.18 bits per heavy atom. The van der Waals surface area contributed by atoms with Crippen molar-refractivity contribution in [1.82, 2.24) is 0 Å². The summed E-state index contributed by atoms with van der Waals surface area (Å²) in [7, 11) is 0. The van der Waals surface area contributed by atoms with E-state index in [4.69, 9.17) is 0 Å². The first-order chi connectivity index (χ1) is 5.41.